The Morgan fingerprint density at radius 2 is 1.86 bits per heavy atom. The minimum absolute atomic E-state index is 0.0898. The van der Waals surface area contributed by atoms with Crippen LogP contribution >= 0.6 is 0 Å². The molecule has 0 spiro atoms. The van der Waals surface area contributed by atoms with Crippen LogP contribution in [0.5, 0.6) is 0 Å². The molecule has 144 valence electrons. The number of piperidine rings is 1. The summed E-state index contributed by atoms with van der Waals surface area (Å²) in [6.45, 7) is 0.821. The number of pyridine rings is 1. The van der Waals surface area contributed by atoms with Gasteiger partial charge in [-0.15, -0.1) is 0 Å². The first-order valence-corrected chi connectivity index (χ1v) is 10.7. The average Bonchev–Trinajstić information content (AvgIpc) is 2.78. The lowest BCUT2D eigenvalue weighted by Gasteiger charge is -2.48. The maximum Gasteiger partial charge on any atom is 0.272 e. The van der Waals surface area contributed by atoms with Crippen LogP contribution in [0, 0.1) is 5.92 Å². The highest BCUT2D eigenvalue weighted by Crippen LogP contribution is 2.44. The van der Waals surface area contributed by atoms with Crippen molar-refractivity contribution in [2.75, 3.05) is 6.54 Å². The summed E-state index contributed by atoms with van der Waals surface area (Å²) in [6.07, 6.45) is 9.70. The first kappa shape index (κ1) is 17.6. The number of aliphatic imine (C=N–C) groups is 1. The van der Waals surface area contributed by atoms with E-state index in [9.17, 15) is 4.79 Å². The summed E-state index contributed by atoms with van der Waals surface area (Å²) in [5.74, 6) is 1.95. The molecule has 4 nitrogen and oxygen atoms in total. The van der Waals surface area contributed by atoms with Gasteiger partial charge in [-0.25, -0.2) is 9.98 Å². The topological polar surface area (TPSA) is 45.6 Å². The van der Waals surface area contributed by atoms with Crippen LogP contribution in [0.3, 0.4) is 0 Å². The minimum Gasteiger partial charge on any atom is -0.334 e. The van der Waals surface area contributed by atoms with Gasteiger partial charge < -0.3 is 4.90 Å². The van der Waals surface area contributed by atoms with E-state index < -0.39 is 0 Å². The second-order valence-electron chi connectivity index (χ2n) is 8.35. The molecule has 1 saturated heterocycles. The molecular formula is C24H27N3O. The van der Waals surface area contributed by atoms with E-state index in [1.54, 1.807) is 0 Å². The third kappa shape index (κ3) is 3.15. The highest BCUT2D eigenvalue weighted by Gasteiger charge is 2.42. The zero-order chi connectivity index (χ0) is 18.9. The van der Waals surface area contributed by atoms with Crippen LogP contribution in [-0.2, 0) is 6.42 Å². The molecule has 3 heterocycles. The Bertz CT molecular complexity index is 892. The number of hydrogen-bond acceptors (Lipinski definition) is 3. The number of amides is 1. The minimum atomic E-state index is 0.0898. The van der Waals surface area contributed by atoms with Gasteiger partial charge in [-0.3, -0.25) is 4.79 Å². The summed E-state index contributed by atoms with van der Waals surface area (Å²) < 4.78 is 0. The molecule has 2 aromatic rings. The normalized spacial score (nSPS) is 26.4. The van der Waals surface area contributed by atoms with Gasteiger partial charge in [0.1, 0.15) is 5.69 Å². The summed E-state index contributed by atoms with van der Waals surface area (Å²) in [5, 5.41) is 0. The van der Waals surface area contributed by atoms with Crippen LogP contribution in [-0.4, -0.2) is 34.6 Å². The van der Waals surface area contributed by atoms with E-state index in [4.69, 9.17) is 0 Å². The Morgan fingerprint density at radius 1 is 1.00 bits per heavy atom. The molecule has 1 aromatic carbocycles. The Kier molecular flexibility index (Phi) is 4.71. The van der Waals surface area contributed by atoms with Crippen molar-refractivity contribution in [2.45, 2.75) is 56.9 Å². The lowest BCUT2D eigenvalue weighted by atomic mass is 9.69. The summed E-state index contributed by atoms with van der Waals surface area (Å²) in [6, 6.07) is 15.2. The molecule has 3 atom stereocenters. The third-order valence-corrected chi connectivity index (χ3v) is 6.80. The number of rotatable bonds is 2. The fourth-order valence-electron chi connectivity index (χ4n) is 5.44. The molecule has 3 aliphatic rings. The van der Waals surface area contributed by atoms with Crippen LogP contribution in [0.2, 0.25) is 0 Å². The summed E-state index contributed by atoms with van der Waals surface area (Å²) >= 11 is 0. The van der Waals surface area contributed by atoms with Crippen molar-refractivity contribution in [3.63, 3.8) is 0 Å². The maximum atomic E-state index is 13.4. The zero-order valence-corrected chi connectivity index (χ0v) is 16.3. The molecule has 2 fully saturated rings. The van der Waals surface area contributed by atoms with Gasteiger partial charge >= 0.3 is 0 Å². The quantitative estimate of drug-likeness (QED) is 0.750. The van der Waals surface area contributed by atoms with Crippen LogP contribution in [0.15, 0.2) is 47.5 Å². The van der Waals surface area contributed by atoms with E-state index in [0.717, 1.165) is 43.6 Å². The first-order valence-electron chi connectivity index (χ1n) is 10.7. The predicted octanol–water partition coefficient (Wildman–Crippen LogP) is 4.92. The Morgan fingerprint density at radius 3 is 2.75 bits per heavy atom. The molecule has 1 saturated carbocycles. The number of aryl methyl sites for hydroxylation is 1. The molecule has 2 aliphatic heterocycles. The van der Waals surface area contributed by atoms with E-state index in [1.165, 1.54) is 24.8 Å². The number of aromatic nitrogens is 1. The summed E-state index contributed by atoms with van der Waals surface area (Å²) in [5.41, 5.74) is 3.14. The molecule has 5 rings (SSSR count). The molecule has 1 amide bonds. The van der Waals surface area contributed by atoms with Crippen molar-refractivity contribution in [1.82, 2.24) is 9.88 Å². The smallest absolute Gasteiger partial charge is 0.272 e. The van der Waals surface area contributed by atoms with Gasteiger partial charge in [0.25, 0.3) is 5.91 Å². The predicted molar refractivity (Wildman–Crippen MR) is 111 cm³/mol. The number of carbonyl (C=O) groups is 1. The van der Waals surface area contributed by atoms with Crippen LogP contribution in [0.1, 0.15) is 66.1 Å². The van der Waals surface area contributed by atoms with Crippen molar-refractivity contribution >= 4 is 17.9 Å². The van der Waals surface area contributed by atoms with Gasteiger partial charge in [-0.2, -0.15) is 0 Å². The van der Waals surface area contributed by atoms with E-state index in [0.29, 0.717) is 23.6 Å². The van der Waals surface area contributed by atoms with E-state index in [1.807, 2.05) is 18.3 Å². The van der Waals surface area contributed by atoms with Crippen LogP contribution < -0.4 is 0 Å². The molecule has 1 aliphatic carbocycles. The lowest BCUT2D eigenvalue weighted by Crippen LogP contribution is -2.52. The Hall–Kier alpha value is -2.49. The fourth-order valence-corrected chi connectivity index (χ4v) is 5.44. The Balaban J connectivity index is 1.42. The van der Waals surface area contributed by atoms with Crippen molar-refractivity contribution in [3.05, 3.63) is 59.3 Å². The molecule has 4 heteroatoms. The number of nitrogens with zero attached hydrogens (tertiary/aromatic N) is 3. The molecule has 0 radical (unpaired) electrons. The number of fused-ring (bicyclic) bond motifs is 2. The highest BCUT2D eigenvalue weighted by molar-refractivity contribution is 5.93. The largest absolute Gasteiger partial charge is 0.334 e. The van der Waals surface area contributed by atoms with E-state index in [2.05, 4.69) is 45.2 Å². The van der Waals surface area contributed by atoms with Gasteiger partial charge in [0.15, 0.2) is 5.82 Å². The highest BCUT2D eigenvalue weighted by atomic mass is 16.2. The fraction of sp³-hybridized carbons (Fsp3) is 0.458. The zero-order valence-electron chi connectivity index (χ0n) is 16.3. The standard InChI is InChI=1S/C24H27N3O/c28-24(21-13-12-18-9-6-15-25-23(18)26-21)27-16-14-19(17-7-2-1-3-8-17)20-10-4-5-11-22(20)27/h1-3,7-8,12-13,15,19-20,22H,4-6,9-11,14,16H2/t19-,20-,22-/m1/s1. The molecule has 0 bridgehead atoms. The second kappa shape index (κ2) is 7.50. The molecule has 1 aromatic heterocycles. The van der Waals surface area contributed by atoms with Crippen molar-refractivity contribution in [2.24, 2.45) is 10.9 Å². The first-order chi connectivity index (χ1) is 13.8. The van der Waals surface area contributed by atoms with E-state index in [-0.39, 0.29) is 5.91 Å². The van der Waals surface area contributed by atoms with E-state index >= 15 is 0 Å². The van der Waals surface area contributed by atoms with Crippen molar-refractivity contribution in [1.29, 1.82) is 0 Å². The van der Waals surface area contributed by atoms with Gasteiger partial charge in [0.05, 0.1) is 0 Å². The van der Waals surface area contributed by atoms with Crippen LogP contribution in [0.4, 0.5) is 5.82 Å². The SMILES string of the molecule is O=C(c1ccc2c(n1)N=CCC2)N1CC[C@H](c2ccccc2)[C@H]2CCCC[C@H]21. The second-order valence-corrected chi connectivity index (χ2v) is 8.35. The molecule has 0 N–H and O–H groups in total. The number of carbonyl (C=O) groups excluding carboxylic acids is 1. The molecular weight excluding hydrogens is 346 g/mol. The molecule has 28 heavy (non-hydrogen) atoms. The monoisotopic (exact) mass is 373 g/mol. The van der Waals surface area contributed by atoms with Gasteiger partial charge in [-0.1, -0.05) is 49.2 Å². The maximum absolute atomic E-state index is 13.4. The van der Waals surface area contributed by atoms with Gasteiger partial charge in [0.2, 0.25) is 0 Å². The lowest BCUT2D eigenvalue weighted by molar-refractivity contribution is 0.0314. The number of likely N-dealkylation sites (tertiary alicyclic amines) is 1. The summed E-state index contributed by atoms with van der Waals surface area (Å²) in [4.78, 5) is 24.5. The third-order valence-electron chi connectivity index (χ3n) is 6.80. The number of hydrogen-bond donors (Lipinski definition) is 0. The van der Waals surface area contributed by atoms with Gasteiger partial charge in [-0.05, 0) is 61.1 Å². The Labute approximate surface area is 166 Å². The summed E-state index contributed by atoms with van der Waals surface area (Å²) in [7, 11) is 0. The van der Waals surface area contributed by atoms with Gasteiger partial charge in [0, 0.05) is 18.8 Å². The average molecular weight is 374 g/mol. The number of benzene rings is 1. The molecule has 0 unspecified atom stereocenters. The van der Waals surface area contributed by atoms with Crippen molar-refractivity contribution in [3.8, 4) is 0 Å². The van der Waals surface area contributed by atoms with Crippen molar-refractivity contribution < 1.29 is 4.79 Å². The van der Waals surface area contributed by atoms with Crippen LogP contribution in [0.25, 0.3) is 0 Å².